The fourth-order valence-electron chi connectivity index (χ4n) is 1.05. The monoisotopic (exact) mass is 290 g/mol. The van der Waals surface area contributed by atoms with Crippen molar-refractivity contribution in [1.29, 1.82) is 5.26 Å². The molecule has 0 N–H and O–H groups in total. The lowest BCUT2D eigenvalue weighted by molar-refractivity contribution is 0.0586. The predicted octanol–water partition coefficient (Wildman–Crippen LogP) is 2.44. The number of aromatic nitrogens is 1. The van der Waals surface area contributed by atoms with E-state index in [0.717, 1.165) is 7.11 Å². The predicted molar refractivity (Wildman–Crippen MR) is 52.9 cm³/mol. The van der Waals surface area contributed by atoms with E-state index >= 15 is 0 Å². The average Bonchev–Trinajstić information content (AvgIpc) is 2.26. The first kappa shape index (κ1) is 12.5. The number of halogens is 3. The van der Waals surface area contributed by atoms with Crippen LogP contribution < -0.4 is 0 Å². The molecule has 0 fully saturated rings. The molecule has 0 saturated heterocycles. The zero-order chi connectivity index (χ0) is 12.3. The van der Waals surface area contributed by atoms with E-state index in [-0.39, 0.29) is 15.7 Å². The molecule has 0 bridgehead atoms. The number of alkyl halides is 2. The molecule has 84 valence electrons. The molecule has 0 amide bonds. The van der Waals surface area contributed by atoms with Crippen molar-refractivity contribution in [2.24, 2.45) is 0 Å². The number of hydrogen-bond acceptors (Lipinski definition) is 4. The van der Waals surface area contributed by atoms with E-state index in [1.165, 1.54) is 6.07 Å². The minimum absolute atomic E-state index is 0.0567. The lowest BCUT2D eigenvalue weighted by atomic mass is 10.2. The third-order valence-electron chi connectivity index (χ3n) is 1.71. The third kappa shape index (κ3) is 2.33. The Morgan fingerprint density at radius 1 is 1.69 bits per heavy atom. The van der Waals surface area contributed by atoms with Crippen LogP contribution in [0.4, 0.5) is 8.78 Å². The molecule has 0 spiro atoms. The minimum Gasteiger partial charge on any atom is -0.465 e. The summed E-state index contributed by atoms with van der Waals surface area (Å²) in [5.74, 6) is -0.931. The number of pyridine rings is 1. The highest BCUT2D eigenvalue weighted by molar-refractivity contribution is 9.10. The first-order valence-corrected chi connectivity index (χ1v) is 4.77. The Hall–Kier alpha value is -1.55. The van der Waals surface area contributed by atoms with Gasteiger partial charge in [0, 0.05) is 4.47 Å². The van der Waals surface area contributed by atoms with Crippen LogP contribution >= 0.6 is 15.9 Å². The summed E-state index contributed by atoms with van der Waals surface area (Å²) in [5, 5.41) is 8.56. The third-order valence-corrected chi connectivity index (χ3v) is 2.34. The van der Waals surface area contributed by atoms with Gasteiger partial charge in [-0.05, 0) is 22.0 Å². The Labute approximate surface area is 98.0 Å². The highest BCUT2D eigenvalue weighted by Crippen LogP contribution is 2.28. The van der Waals surface area contributed by atoms with Crippen LogP contribution in [0.1, 0.15) is 28.2 Å². The Kier molecular flexibility index (Phi) is 3.90. The molecular formula is C9H5BrF2N2O2. The number of rotatable bonds is 2. The molecule has 7 heteroatoms. The lowest BCUT2D eigenvalue weighted by Crippen LogP contribution is -2.10. The molecule has 1 rings (SSSR count). The highest BCUT2D eigenvalue weighted by atomic mass is 79.9. The number of esters is 1. The summed E-state index contributed by atoms with van der Waals surface area (Å²) in [5.41, 5.74) is -1.33. The maximum atomic E-state index is 12.6. The second-order valence-electron chi connectivity index (χ2n) is 2.65. The molecule has 0 aliphatic heterocycles. The van der Waals surface area contributed by atoms with Gasteiger partial charge in [0.15, 0.2) is 0 Å². The van der Waals surface area contributed by atoms with Crippen LogP contribution in [-0.2, 0) is 4.74 Å². The van der Waals surface area contributed by atoms with Gasteiger partial charge < -0.3 is 4.74 Å². The van der Waals surface area contributed by atoms with Crippen LogP contribution in [0.5, 0.6) is 0 Å². The van der Waals surface area contributed by atoms with Crippen LogP contribution in [-0.4, -0.2) is 18.1 Å². The fourth-order valence-corrected chi connectivity index (χ4v) is 1.63. The van der Waals surface area contributed by atoms with E-state index in [1.807, 2.05) is 0 Å². The average molecular weight is 291 g/mol. The second-order valence-corrected chi connectivity index (χ2v) is 3.51. The Bertz CT molecular complexity index is 471. The van der Waals surface area contributed by atoms with Crippen molar-refractivity contribution in [1.82, 2.24) is 4.98 Å². The Morgan fingerprint density at radius 2 is 2.31 bits per heavy atom. The van der Waals surface area contributed by atoms with Gasteiger partial charge in [-0.1, -0.05) is 0 Å². The summed E-state index contributed by atoms with van der Waals surface area (Å²) >= 11 is 2.92. The van der Waals surface area contributed by atoms with Crippen LogP contribution in [0, 0.1) is 11.3 Å². The molecule has 0 atom stereocenters. The van der Waals surface area contributed by atoms with E-state index in [1.54, 1.807) is 6.07 Å². The molecule has 16 heavy (non-hydrogen) atoms. The van der Waals surface area contributed by atoms with E-state index in [4.69, 9.17) is 5.26 Å². The highest BCUT2D eigenvalue weighted by Gasteiger charge is 2.24. The smallest absolute Gasteiger partial charge is 0.341 e. The molecule has 1 aromatic rings. The fraction of sp³-hybridized carbons (Fsp3) is 0.222. The van der Waals surface area contributed by atoms with Gasteiger partial charge in [-0.2, -0.15) is 5.26 Å². The molecular weight excluding hydrogens is 286 g/mol. The largest absolute Gasteiger partial charge is 0.465 e. The zero-order valence-corrected chi connectivity index (χ0v) is 9.59. The molecule has 4 nitrogen and oxygen atoms in total. The van der Waals surface area contributed by atoms with Gasteiger partial charge >= 0.3 is 5.97 Å². The van der Waals surface area contributed by atoms with Crippen molar-refractivity contribution in [2.75, 3.05) is 7.11 Å². The first-order valence-electron chi connectivity index (χ1n) is 3.98. The van der Waals surface area contributed by atoms with Gasteiger partial charge in [-0.15, -0.1) is 0 Å². The second kappa shape index (κ2) is 4.99. The van der Waals surface area contributed by atoms with Crippen molar-refractivity contribution >= 4 is 21.9 Å². The molecule has 0 aliphatic carbocycles. The SMILES string of the molecule is COC(=O)c1c(Br)cc(C#N)nc1C(F)F. The van der Waals surface area contributed by atoms with E-state index in [9.17, 15) is 13.6 Å². The normalized spacial score (nSPS) is 10.0. The van der Waals surface area contributed by atoms with Crippen LogP contribution in [0.25, 0.3) is 0 Å². The molecule has 0 unspecified atom stereocenters. The van der Waals surface area contributed by atoms with Gasteiger partial charge in [-0.25, -0.2) is 18.6 Å². The van der Waals surface area contributed by atoms with Gasteiger partial charge in [-0.3, -0.25) is 0 Å². The van der Waals surface area contributed by atoms with Gasteiger partial charge in [0.05, 0.1) is 7.11 Å². The standard InChI is InChI=1S/C9H5BrF2N2O2/c1-16-9(15)6-5(10)2-4(3-13)14-7(6)8(11)12/h2,8H,1H3. The number of carbonyl (C=O) groups excluding carboxylic acids is 1. The Morgan fingerprint density at radius 3 is 2.75 bits per heavy atom. The topological polar surface area (TPSA) is 63.0 Å². The number of nitrogens with zero attached hydrogens (tertiary/aromatic N) is 2. The lowest BCUT2D eigenvalue weighted by Gasteiger charge is -2.08. The van der Waals surface area contributed by atoms with Crippen LogP contribution in [0.2, 0.25) is 0 Å². The summed E-state index contributed by atoms with van der Waals surface area (Å²) in [6.07, 6.45) is -2.96. The van der Waals surface area contributed by atoms with Crippen LogP contribution in [0.3, 0.4) is 0 Å². The van der Waals surface area contributed by atoms with Crippen molar-refractivity contribution < 1.29 is 18.3 Å². The van der Waals surface area contributed by atoms with Gasteiger partial charge in [0.2, 0.25) is 0 Å². The maximum Gasteiger partial charge on any atom is 0.341 e. The zero-order valence-electron chi connectivity index (χ0n) is 8.00. The van der Waals surface area contributed by atoms with E-state index < -0.39 is 18.1 Å². The van der Waals surface area contributed by atoms with Crippen molar-refractivity contribution in [3.63, 3.8) is 0 Å². The van der Waals surface area contributed by atoms with Crippen molar-refractivity contribution in [3.05, 3.63) is 27.5 Å². The van der Waals surface area contributed by atoms with E-state index in [2.05, 4.69) is 25.7 Å². The van der Waals surface area contributed by atoms with Gasteiger partial charge in [0.25, 0.3) is 6.43 Å². The molecule has 0 radical (unpaired) electrons. The minimum atomic E-state index is -2.96. The summed E-state index contributed by atoms with van der Waals surface area (Å²) in [7, 11) is 1.07. The molecule has 0 aromatic carbocycles. The summed E-state index contributed by atoms with van der Waals surface area (Å²) in [6, 6.07) is 2.80. The molecule has 1 aromatic heterocycles. The quantitative estimate of drug-likeness (QED) is 0.785. The first-order chi connectivity index (χ1) is 7.51. The summed E-state index contributed by atoms with van der Waals surface area (Å²) in [4.78, 5) is 14.6. The van der Waals surface area contributed by atoms with Gasteiger partial charge in [0.1, 0.15) is 23.0 Å². The number of nitriles is 1. The number of methoxy groups -OCH3 is 1. The van der Waals surface area contributed by atoms with E-state index in [0.29, 0.717) is 0 Å². The maximum absolute atomic E-state index is 12.6. The summed E-state index contributed by atoms with van der Waals surface area (Å²) < 4.78 is 29.7. The van der Waals surface area contributed by atoms with Crippen LogP contribution in [0.15, 0.2) is 10.5 Å². The van der Waals surface area contributed by atoms with Crippen molar-refractivity contribution in [2.45, 2.75) is 6.43 Å². The molecule has 0 saturated carbocycles. The number of ether oxygens (including phenoxy) is 1. The van der Waals surface area contributed by atoms with Crippen molar-refractivity contribution in [3.8, 4) is 6.07 Å². The summed E-state index contributed by atoms with van der Waals surface area (Å²) in [6.45, 7) is 0. The molecule has 0 aliphatic rings. The number of hydrogen-bond donors (Lipinski definition) is 0. The Balaban J connectivity index is 3.47. The molecule has 1 heterocycles. The number of carbonyl (C=O) groups is 1.